The second-order valence-corrected chi connectivity index (χ2v) is 4.51. The molecule has 0 atom stereocenters. The van der Waals surface area contributed by atoms with Gasteiger partial charge in [0.25, 0.3) is 0 Å². The predicted molar refractivity (Wildman–Crippen MR) is 70.5 cm³/mol. The highest BCUT2D eigenvalue weighted by Gasteiger charge is 2.08. The summed E-state index contributed by atoms with van der Waals surface area (Å²) in [5, 5.41) is 3.43. The number of hydrogen-bond donors (Lipinski definition) is 1. The predicted octanol–water partition coefficient (Wildman–Crippen LogP) is 1.11. The van der Waals surface area contributed by atoms with Crippen molar-refractivity contribution in [1.29, 1.82) is 0 Å². The third kappa shape index (κ3) is 6.99. The van der Waals surface area contributed by atoms with Crippen molar-refractivity contribution in [3.05, 3.63) is 0 Å². The highest BCUT2D eigenvalue weighted by molar-refractivity contribution is 4.63. The molecule has 1 fully saturated rings. The zero-order chi connectivity index (χ0) is 12.3. The van der Waals surface area contributed by atoms with E-state index in [1.165, 1.54) is 0 Å². The van der Waals surface area contributed by atoms with Gasteiger partial charge in [0.15, 0.2) is 0 Å². The molecule has 102 valence electrons. The molecule has 1 aliphatic rings. The van der Waals surface area contributed by atoms with Crippen molar-refractivity contribution in [3.8, 4) is 0 Å². The maximum Gasteiger partial charge on any atom is 0.0594 e. The van der Waals surface area contributed by atoms with Crippen LogP contribution in [-0.2, 0) is 9.47 Å². The second-order valence-electron chi connectivity index (χ2n) is 4.51. The van der Waals surface area contributed by atoms with E-state index in [2.05, 4.69) is 24.1 Å². The molecule has 1 N–H and O–H groups in total. The van der Waals surface area contributed by atoms with Gasteiger partial charge in [-0.05, 0) is 12.8 Å². The minimum atomic E-state index is 0.441. The van der Waals surface area contributed by atoms with E-state index < -0.39 is 0 Å². The lowest BCUT2D eigenvalue weighted by Crippen LogP contribution is -2.40. The lowest BCUT2D eigenvalue weighted by molar-refractivity contribution is 0.0361. The Kier molecular flexibility index (Phi) is 8.61. The molecular formula is C13H28N2O2. The monoisotopic (exact) mass is 244 g/mol. The molecule has 0 spiro atoms. The zero-order valence-corrected chi connectivity index (χ0v) is 11.4. The normalized spacial score (nSPS) is 17.8. The van der Waals surface area contributed by atoms with Crippen LogP contribution >= 0.6 is 0 Å². The highest BCUT2D eigenvalue weighted by Crippen LogP contribution is 2.01. The third-order valence-electron chi connectivity index (χ3n) is 3.25. The smallest absolute Gasteiger partial charge is 0.0594 e. The number of ether oxygens (including phenoxy) is 2. The number of rotatable bonds is 9. The van der Waals surface area contributed by atoms with Gasteiger partial charge < -0.3 is 14.8 Å². The van der Waals surface area contributed by atoms with E-state index in [-0.39, 0.29) is 0 Å². The summed E-state index contributed by atoms with van der Waals surface area (Å²) in [5.74, 6) is 0. The van der Waals surface area contributed by atoms with Crippen LogP contribution in [0.25, 0.3) is 0 Å². The first-order chi connectivity index (χ1) is 8.36. The minimum Gasteiger partial charge on any atom is -0.379 e. The molecule has 0 saturated carbocycles. The summed E-state index contributed by atoms with van der Waals surface area (Å²) in [6, 6.07) is 0. The van der Waals surface area contributed by atoms with Crippen molar-refractivity contribution < 1.29 is 9.47 Å². The third-order valence-corrected chi connectivity index (χ3v) is 3.25. The maximum atomic E-state index is 5.74. The van der Waals surface area contributed by atoms with Crippen LogP contribution in [0, 0.1) is 0 Å². The Morgan fingerprint density at radius 2 is 1.88 bits per heavy atom. The van der Waals surface area contributed by atoms with Crippen molar-refractivity contribution in [2.45, 2.75) is 32.8 Å². The molecule has 1 aliphatic heterocycles. The zero-order valence-electron chi connectivity index (χ0n) is 11.4. The van der Waals surface area contributed by atoms with Gasteiger partial charge >= 0.3 is 0 Å². The lowest BCUT2D eigenvalue weighted by Gasteiger charge is -2.26. The van der Waals surface area contributed by atoms with Gasteiger partial charge in [0, 0.05) is 32.7 Å². The summed E-state index contributed by atoms with van der Waals surface area (Å²) in [6.07, 6.45) is 2.67. The van der Waals surface area contributed by atoms with Gasteiger partial charge in [0.1, 0.15) is 0 Å². The van der Waals surface area contributed by atoms with Gasteiger partial charge in [-0.2, -0.15) is 0 Å². The van der Waals surface area contributed by atoms with E-state index in [1.54, 1.807) is 0 Å². The van der Waals surface area contributed by atoms with Gasteiger partial charge in [0.2, 0.25) is 0 Å². The van der Waals surface area contributed by atoms with E-state index in [0.717, 1.165) is 65.4 Å². The Labute approximate surface area is 106 Å². The Hall–Kier alpha value is -0.160. The molecular weight excluding hydrogens is 216 g/mol. The summed E-state index contributed by atoms with van der Waals surface area (Å²) in [6.45, 7) is 12.2. The van der Waals surface area contributed by atoms with Crippen LogP contribution in [0.1, 0.15) is 26.7 Å². The maximum absolute atomic E-state index is 5.74. The molecule has 0 aliphatic carbocycles. The van der Waals surface area contributed by atoms with Crippen molar-refractivity contribution in [1.82, 2.24) is 10.2 Å². The fourth-order valence-corrected chi connectivity index (χ4v) is 2.01. The first-order valence-electron chi connectivity index (χ1n) is 6.99. The molecule has 1 rings (SSSR count). The quantitative estimate of drug-likeness (QED) is 0.616. The second kappa shape index (κ2) is 9.83. The van der Waals surface area contributed by atoms with Crippen LogP contribution in [0.4, 0.5) is 0 Å². The molecule has 4 nitrogen and oxygen atoms in total. The van der Waals surface area contributed by atoms with Crippen LogP contribution < -0.4 is 5.32 Å². The van der Waals surface area contributed by atoms with Crippen molar-refractivity contribution in [3.63, 3.8) is 0 Å². The molecule has 0 aromatic heterocycles. The fourth-order valence-electron chi connectivity index (χ4n) is 2.01. The molecule has 0 amide bonds. The Morgan fingerprint density at radius 3 is 2.53 bits per heavy atom. The van der Waals surface area contributed by atoms with Crippen LogP contribution in [0.2, 0.25) is 0 Å². The summed E-state index contributed by atoms with van der Waals surface area (Å²) >= 11 is 0. The SMILES string of the molecule is CCC(CC)OCCNCCN1CCOCC1. The number of morpholine rings is 1. The summed E-state index contributed by atoms with van der Waals surface area (Å²) in [5.41, 5.74) is 0. The van der Waals surface area contributed by atoms with Gasteiger partial charge in [-0.3, -0.25) is 4.90 Å². The molecule has 17 heavy (non-hydrogen) atoms. The molecule has 0 radical (unpaired) electrons. The van der Waals surface area contributed by atoms with Crippen LogP contribution in [-0.4, -0.2) is 63.5 Å². The van der Waals surface area contributed by atoms with Crippen molar-refractivity contribution in [2.24, 2.45) is 0 Å². The number of nitrogens with zero attached hydrogens (tertiary/aromatic N) is 1. The summed E-state index contributed by atoms with van der Waals surface area (Å²) < 4.78 is 11.0. The fraction of sp³-hybridized carbons (Fsp3) is 1.00. The van der Waals surface area contributed by atoms with Crippen LogP contribution in [0.15, 0.2) is 0 Å². The lowest BCUT2D eigenvalue weighted by atomic mass is 10.2. The molecule has 0 unspecified atom stereocenters. The van der Waals surface area contributed by atoms with Crippen LogP contribution in [0.5, 0.6) is 0 Å². The van der Waals surface area contributed by atoms with Gasteiger partial charge in [-0.15, -0.1) is 0 Å². The largest absolute Gasteiger partial charge is 0.379 e. The van der Waals surface area contributed by atoms with Gasteiger partial charge in [0.05, 0.1) is 25.9 Å². The molecule has 1 heterocycles. The van der Waals surface area contributed by atoms with Gasteiger partial charge in [-0.1, -0.05) is 13.8 Å². The molecule has 1 saturated heterocycles. The molecule has 0 bridgehead atoms. The number of hydrogen-bond acceptors (Lipinski definition) is 4. The average Bonchev–Trinajstić information content (AvgIpc) is 2.39. The first kappa shape index (κ1) is 14.9. The van der Waals surface area contributed by atoms with E-state index in [1.807, 2.05) is 0 Å². The minimum absolute atomic E-state index is 0.441. The van der Waals surface area contributed by atoms with Gasteiger partial charge in [-0.25, -0.2) is 0 Å². The Bertz CT molecular complexity index is 169. The highest BCUT2D eigenvalue weighted by atomic mass is 16.5. The van der Waals surface area contributed by atoms with E-state index >= 15 is 0 Å². The summed E-state index contributed by atoms with van der Waals surface area (Å²) in [7, 11) is 0. The molecule has 0 aromatic carbocycles. The summed E-state index contributed by atoms with van der Waals surface area (Å²) in [4.78, 5) is 2.44. The topological polar surface area (TPSA) is 33.7 Å². The number of nitrogens with one attached hydrogen (secondary N) is 1. The van der Waals surface area contributed by atoms with Crippen molar-refractivity contribution in [2.75, 3.05) is 52.5 Å². The Balaban J connectivity index is 1.86. The molecule has 0 aromatic rings. The van der Waals surface area contributed by atoms with E-state index in [4.69, 9.17) is 9.47 Å². The molecule has 4 heteroatoms. The van der Waals surface area contributed by atoms with E-state index in [0.29, 0.717) is 6.10 Å². The van der Waals surface area contributed by atoms with E-state index in [9.17, 15) is 0 Å². The first-order valence-corrected chi connectivity index (χ1v) is 6.99. The van der Waals surface area contributed by atoms with Crippen molar-refractivity contribution >= 4 is 0 Å². The Morgan fingerprint density at radius 1 is 1.18 bits per heavy atom. The average molecular weight is 244 g/mol. The standard InChI is InChI=1S/C13H28N2O2/c1-3-13(4-2)17-10-6-14-5-7-15-8-11-16-12-9-15/h13-14H,3-12H2,1-2H3. The van der Waals surface area contributed by atoms with Crippen LogP contribution in [0.3, 0.4) is 0 Å².